The van der Waals surface area contributed by atoms with E-state index in [1.165, 1.54) is 17.7 Å². The topological polar surface area (TPSA) is 54.0 Å². The Morgan fingerprint density at radius 3 is 2.62 bits per heavy atom. The van der Waals surface area contributed by atoms with Gasteiger partial charge < -0.3 is 19.7 Å². The SMILES string of the molecule is O=C(C=C1CCCOc2cc(C(F)(F)F)ccc21)Nc1ccc2c(c1)N(CCN1CCOCC1)CCC2. The molecule has 0 spiro atoms. The van der Waals surface area contributed by atoms with Crippen molar-refractivity contribution in [3.8, 4) is 5.75 Å². The number of hydrogen-bond acceptors (Lipinski definition) is 5. The van der Waals surface area contributed by atoms with Crippen LogP contribution < -0.4 is 15.0 Å². The monoisotopic (exact) mass is 515 g/mol. The van der Waals surface area contributed by atoms with E-state index in [0.717, 1.165) is 76.6 Å². The van der Waals surface area contributed by atoms with Gasteiger partial charge in [0.05, 0.1) is 25.4 Å². The summed E-state index contributed by atoms with van der Waals surface area (Å²) in [6, 6.07) is 9.47. The third-order valence-electron chi connectivity index (χ3n) is 7.17. The first-order valence-corrected chi connectivity index (χ1v) is 12.9. The molecule has 1 fully saturated rings. The van der Waals surface area contributed by atoms with E-state index in [0.29, 0.717) is 36.3 Å². The summed E-state index contributed by atoms with van der Waals surface area (Å²) in [6.07, 6.45) is 0.312. The number of nitrogens with zero attached hydrogens (tertiary/aromatic N) is 2. The molecule has 6 nitrogen and oxygen atoms in total. The molecule has 3 heterocycles. The standard InChI is InChI=1S/C28H32F3N3O3/c29-28(30,31)22-6-8-24-21(4-2-14-37-26(24)18-22)17-27(35)32-23-7-5-20-3-1-9-34(25(20)19-23)11-10-33-12-15-36-16-13-33/h5-8,17-19H,1-4,9-16H2,(H,32,35). The maximum atomic E-state index is 13.2. The highest BCUT2D eigenvalue weighted by Crippen LogP contribution is 2.38. The average molecular weight is 516 g/mol. The maximum Gasteiger partial charge on any atom is 0.416 e. The van der Waals surface area contributed by atoms with E-state index in [1.54, 1.807) is 0 Å². The van der Waals surface area contributed by atoms with Crippen molar-refractivity contribution in [2.45, 2.75) is 31.9 Å². The molecule has 0 atom stereocenters. The van der Waals surface area contributed by atoms with Gasteiger partial charge in [0.1, 0.15) is 5.75 Å². The number of anilines is 2. The smallest absolute Gasteiger partial charge is 0.416 e. The first kappa shape index (κ1) is 25.6. The average Bonchev–Trinajstić information content (AvgIpc) is 3.09. The summed E-state index contributed by atoms with van der Waals surface area (Å²) >= 11 is 0. The van der Waals surface area contributed by atoms with Crippen LogP contribution in [0.1, 0.15) is 36.0 Å². The van der Waals surface area contributed by atoms with E-state index < -0.39 is 11.7 Å². The van der Waals surface area contributed by atoms with Crippen molar-refractivity contribution >= 4 is 22.9 Å². The summed E-state index contributed by atoms with van der Waals surface area (Å²) in [5.74, 6) is -0.144. The van der Waals surface area contributed by atoms with Crippen molar-refractivity contribution in [2.24, 2.45) is 0 Å². The Kier molecular flexibility index (Phi) is 7.71. The van der Waals surface area contributed by atoms with Crippen LogP contribution in [0.25, 0.3) is 5.57 Å². The van der Waals surface area contributed by atoms with Crippen LogP contribution in [0, 0.1) is 0 Å². The van der Waals surface area contributed by atoms with Gasteiger partial charge >= 0.3 is 6.18 Å². The summed E-state index contributed by atoms with van der Waals surface area (Å²) in [4.78, 5) is 17.8. The molecule has 2 aromatic carbocycles. The van der Waals surface area contributed by atoms with Gasteiger partial charge in [-0.3, -0.25) is 9.69 Å². The second-order valence-electron chi connectivity index (χ2n) is 9.71. The normalized spacial score (nSPS) is 19.5. The highest BCUT2D eigenvalue weighted by atomic mass is 19.4. The van der Waals surface area contributed by atoms with Crippen molar-refractivity contribution in [2.75, 3.05) is 62.8 Å². The molecule has 2 aromatic rings. The quantitative estimate of drug-likeness (QED) is 0.569. The fourth-order valence-corrected chi connectivity index (χ4v) is 5.20. The number of benzene rings is 2. The molecule has 1 N–H and O–H groups in total. The Bertz CT molecular complexity index is 1160. The summed E-state index contributed by atoms with van der Waals surface area (Å²) in [7, 11) is 0. The minimum atomic E-state index is -4.45. The highest BCUT2D eigenvalue weighted by molar-refractivity contribution is 6.04. The number of aryl methyl sites for hydroxylation is 1. The Morgan fingerprint density at radius 2 is 1.81 bits per heavy atom. The van der Waals surface area contributed by atoms with Gasteiger partial charge in [-0.1, -0.05) is 12.1 Å². The second-order valence-corrected chi connectivity index (χ2v) is 9.71. The molecule has 3 aliphatic heterocycles. The molecule has 0 radical (unpaired) electrons. The molecule has 9 heteroatoms. The predicted octanol–water partition coefficient (Wildman–Crippen LogP) is 4.98. The molecule has 0 unspecified atom stereocenters. The van der Waals surface area contributed by atoms with Crippen LogP contribution in [0.2, 0.25) is 0 Å². The molecule has 3 aliphatic rings. The number of rotatable bonds is 5. The summed E-state index contributed by atoms with van der Waals surface area (Å²) in [6.45, 7) is 6.65. The van der Waals surface area contributed by atoms with E-state index in [2.05, 4.69) is 21.2 Å². The minimum Gasteiger partial charge on any atom is -0.493 e. The second kappa shape index (κ2) is 11.1. The van der Waals surface area contributed by atoms with Crippen molar-refractivity contribution in [1.82, 2.24) is 4.90 Å². The first-order chi connectivity index (χ1) is 17.9. The maximum absolute atomic E-state index is 13.2. The lowest BCUT2D eigenvalue weighted by Gasteiger charge is -2.34. The number of amides is 1. The lowest BCUT2D eigenvalue weighted by molar-refractivity contribution is -0.137. The number of carbonyl (C=O) groups is 1. The van der Waals surface area contributed by atoms with E-state index in [4.69, 9.17) is 9.47 Å². The predicted molar refractivity (Wildman–Crippen MR) is 137 cm³/mol. The molecule has 0 bridgehead atoms. The van der Waals surface area contributed by atoms with E-state index in [1.807, 2.05) is 12.1 Å². The minimum absolute atomic E-state index is 0.163. The van der Waals surface area contributed by atoms with Gasteiger partial charge in [0.25, 0.3) is 0 Å². The van der Waals surface area contributed by atoms with Crippen LogP contribution in [-0.4, -0.2) is 63.4 Å². The summed E-state index contributed by atoms with van der Waals surface area (Å²) in [5.41, 5.74) is 3.57. The highest BCUT2D eigenvalue weighted by Gasteiger charge is 2.32. The molecule has 37 heavy (non-hydrogen) atoms. The fraction of sp³-hybridized carbons (Fsp3) is 0.464. The number of ether oxygens (including phenoxy) is 2. The van der Waals surface area contributed by atoms with Gasteiger partial charge in [-0.2, -0.15) is 13.2 Å². The third-order valence-corrected chi connectivity index (χ3v) is 7.17. The number of carbonyl (C=O) groups excluding carboxylic acids is 1. The van der Waals surface area contributed by atoms with Crippen molar-refractivity contribution < 1.29 is 27.4 Å². The molecular weight excluding hydrogens is 483 g/mol. The molecule has 1 amide bonds. The molecule has 0 saturated carbocycles. The Morgan fingerprint density at radius 1 is 0.973 bits per heavy atom. The zero-order valence-electron chi connectivity index (χ0n) is 20.8. The first-order valence-electron chi connectivity index (χ1n) is 12.9. The number of nitrogens with one attached hydrogen (secondary N) is 1. The Balaban J connectivity index is 1.30. The zero-order valence-corrected chi connectivity index (χ0v) is 20.8. The number of halogens is 3. The molecule has 0 aromatic heterocycles. The van der Waals surface area contributed by atoms with Crippen LogP contribution >= 0.6 is 0 Å². The third kappa shape index (κ3) is 6.27. The van der Waals surface area contributed by atoms with Crippen molar-refractivity contribution in [3.63, 3.8) is 0 Å². The van der Waals surface area contributed by atoms with Gasteiger partial charge in [0, 0.05) is 55.7 Å². The van der Waals surface area contributed by atoms with E-state index in [-0.39, 0.29) is 11.7 Å². The van der Waals surface area contributed by atoms with Crippen LogP contribution in [-0.2, 0) is 22.1 Å². The van der Waals surface area contributed by atoms with Crippen LogP contribution in [0.4, 0.5) is 24.5 Å². The fourth-order valence-electron chi connectivity index (χ4n) is 5.20. The van der Waals surface area contributed by atoms with Crippen LogP contribution in [0.15, 0.2) is 42.5 Å². The van der Waals surface area contributed by atoms with Gasteiger partial charge in [0.15, 0.2) is 0 Å². The molecular formula is C28H32F3N3O3. The lowest BCUT2D eigenvalue weighted by Crippen LogP contribution is -2.42. The Labute approximate surface area is 215 Å². The van der Waals surface area contributed by atoms with E-state index >= 15 is 0 Å². The van der Waals surface area contributed by atoms with Gasteiger partial charge in [-0.25, -0.2) is 0 Å². The van der Waals surface area contributed by atoms with Crippen molar-refractivity contribution in [1.29, 1.82) is 0 Å². The molecule has 198 valence electrons. The van der Waals surface area contributed by atoms with Crippen LogP contribution in [0.3, 0.4) is 0 Å². The van der Waals surface area contributed by atoms with E-state index in [9.17, 15) is 18.0 Å². The van der Waals surface area contributed by atoms with Crippen LogP contribution in [0.5, 0.6) is 5.75 Å². The van der Waals surface area contributed by atoms with Gasteiger partial charge in [0.2, 0.25) is 5.91 Å². The number of fused-ring (bicyclic) bond motifs is 2. The summed E-state index contributed by atoms with van der Waals surface area (Å²) in [5, 5.41) is 2.96. The number of morpholine rings is 1. The number of hydrogen-bond donors (Lipinski definition) is 1. The number of alkyl halides is 3. The zero-order chi connectivity index (χ0) is 25.8. The van der Waals surface area contributed by atoms with Crippen molar-refractivity contribution in [3.05, 3.63) is 59.2 Å². The summed E-state index contributed by atoms with van der Waals surface area (Å²) < 4.78 is 50.5. The molecule has 5 rings (SSSR count). The largest absolute Gasteiger partial charge is 0.493 e. The Hall–Kier alpha value is -3.04. The number of allylic oxidation sites excluding steroid dienone is 1. The lowest BCUT2D eigenvalue weighted by atomic mass is 9.98. The molecule has 1 saturated heterocycles. The van der Waals surface area contributed by atoms with Gasteiger partial charge in [-0.05, 0) is 61.1 Å². The van der Waals surface area contributed by atoms with Gasteiger partial charge in [-0.15, -0.1) is 0 Å². The molecule has 0 aliphatic carbocycles.